The van der Waals surface area contributed by atoms with Crippen LogP contribution in [0.15, 0.2) is 0 Å². The zero-order valence-corrected chi connectivity index (χ0v) is 8.74. The van der Waals surface area contributed by atoms with Gasteiger partial charge >= 0.3 is 0 Å². The smallest absolute Gasteiger partial charge is 0.239 e. The molecule has 1 atom stereocenters. The summed E-state index contributed by atoms with van der Waals surface area (Å²) in [4.78, 5) is 15.0. The van der Waals surface area contributed by atoms with Gasteiger partial charge in [-0.1, -0.05) is 0 Å². The van der Waals surface area contributed by atoms with Crippen LogP contribution in [0.3, 0.4) is 0 Å². The summed E-state index contributed by atoms with van der Waals surface area (Å²) in [5.41, 5.74) is -0.596. The number of likely N-dealkylation sites (N-methyl/N-ethyl adjacent to an activating group) is 1. The zero-order valence-electron chi connectivity index (χ0n) is 8.74. The van der Waals surface area contributed by atoms with Crippen molar-refractivity contribution < 1.29 is 9.90 Å². The highest BCUT2D eigenvalue weighted by atomic mass is 16.3. The molecule has 76 valence electrons. The summed E-state index contributed by atoms with van der Waals surface area (Å²) in [6.45, 7) is 4.84. The van der Waals surface area contributed by atoms with Crippen molar-refractivity contribution in [3.63, 3.8) is 0 Å². The van der Waals surface area contributed by atoms with Crippen molar-refractivity contribution in [1.29, 1.82) is 0 Å². The lowest BCUT2D eigenvalue weighted by molar-refractivity contribution is -0.145. The molecule has 0 aromatic rings. The second kappa shape index (κ2) is 3.27. The number of carbonyl (C=O) groups excluding carboxylic acids is 1. The van der Waals surface area contributed by atoms with Gasteiger partial charge in [-0.05, 0) is 13.8 Å². The third-order valence-corrected chi connectivity index (χ3v) is 2.43. The van der Waals surface area contributed by atoms with Crippen LogP contribution in [0.1, 0.15) is 13.8 Å². The highest BCUT2D eigenvalue weighted by Crippen LogP contribution is 2.22. The molecule has 1 fully saturated rings. The molecule has 0 aromatic carbocycles. The molecular weight excluding hydrogens is 168 g/mol. The first-order valence-electron chi connectivity index (χ1n) is 4.51. The van der Waals surface area contributed by atoms with Crippen LogP contribution in [-0.4, -0.2) is 59.6 Å². The maximum absolute atomic E-state index is 11.5. The Morgan fingerprint density at radius 1 is 1.54 bits per heavy atom. The summed E-state index contributed by atoms with van der Waals surface area (Å²) in [5.74, 6) is 0.0931. The Balaban J connectivity index is 2.43. The molecule has 0 aromatic heterocycles. The molecule has 13 heavy (non-hydrogen) atoms. The molecule has 1 amide bonds. The number of nitrogens with zero attached hydrogens (tertiary/aromatic N) is 2. The van der Waals surface area contributed by atoms with Crippen LogP contribution < -0.4 is 0 Å². The lowest BCUT2D eigenvalue weighted by atomic mass is 9.95. The third-order valence-electron chi connectivity index (χ3n) is 2.43. The number of hydrogen-bond acceptors (Lipinski definition) is 3. The second-order valence-corrected chi connectivity index (χ2v) is 4.31. The minimum Gasteiger partial charge on any atom is -0.388 e. The molecule has 1 unspecified atom stereocenters. The van der Waals surface area contributed by atoms with Crippen LogP contribution >= 0.6 is 0 Å². The maximum Gasteiger partial charge on any atom is 0.239 e. The predicted molar refractivity (Wildman–Crippen MR) is 50.4 cm³/mol. The molecule has 1 heterocycles. The van der Waals surface area contributed by atoms with Crippen LogP contribution in [0.4, 0.5) is 0 Å². The molecule has 1 aliphatic heterocycles. The SMILES string of the molecule is CC(C(=O)N(C)C)N1CC(C)(O)C1. The first kappa shape index (κ1) is 10.5. The number of amides is 1. The lowest BCUT2D eigenvalue weighted by Gasteiger charge is -2.47. The number of carbonyl (C=O) groups is 1. The Morgan fingerprint density at radius 3 is 2.31 bits per heavy atom. The van der Waals surface area contributed by atoms with E-state index in [1.165, 1.54) is 0 Å². The van der Waals surface area contributed by atoms with Gasteiger partial charge in [0.15, 0.2) is 0 Å². The van der Waals surface area contributed by atoms with Gasteiger partial charge in [0.25, 0.3) is 0 Å². The third kappa shape index (κ3) is 2.19. The summed E-state index contributed by atoms with van der Waals surface area (Å²) in [6.07, 6.45) is 0. The van der Waals surface area contributed by atoms with E-state index >= 15 is 0 Å². The van der Waals surface area contributed by atoms with Gasteiger partial charge < -0.3 is 10.0 Å². The van der Waals surface area contributed by atoms with E-state index in [1.807, 2.05) is 11.8 Å². The molecule has 0 spiro atoms. The van der Waals surface area contributed by atoms with E-state index in [0.717, 1.165) is 0 Å². The Bertz CT molecular complexity index is 206. The largest absolute Gasteiger partial charge is 0.388 e. The number of rotatable bonds is 2. The summed E-state index contributed by atoms with van der Waals surface area (Å²) in [6, 6.07) is -0.116. The summed E-state index contributed by atoms with van der Waals surface area (Å²) < 4.78 is 0. The number of β-amino-alcohol motifs (C(OH)–C–C–N with tert-alkyl or cyclic N) is 1. The summed E-state index contributed by atoms with van der Waals surface area (Å²) >= 11 is 0. The average molecular weight is 186 g/mol. The van der Waals surface area contributed by atoms with Gasteiger partial charge in [-0.3, -0.25) is 9.69 Å². The second-order valence-electron chi connectivity index (χ2n) is 4.31. The van der Waals surface area contributed by atoms with E-state index in [1.54, 1.807) is 25.9 Å². The summed E-state index contributed by atoms with van der Waals surface area (Å²) in [5, 5.41) is 9.49. The monoisotopic (exact) mass is 186 g/mol. The molecule has 1 saturated heterocycles. The van der Waals surface area contributed by atoms with Crippen LogP contribution in [0.2, 0.25) is 0 Å². The van der Waals surface area contributed by atoms with E-state index in [-0.39, 0.29) is 11.9 Å². The predicted octanol–water partition coefficient (Wildman–Crippen LogP) is -0.470. The minimum atomic E-state index is -0.596. The molecule has 4 heteroatoms. The Hall–Kier alpha value is -0.610. The fourth-order valence-corrected chi connectivity index (χ4v) is 1.63. The van der Waals surface area contributed by atoms with Gasteiger partial charge in [0.1, 0.15) is 0 Å². The lowest BCUT2D eigenvalue weighted by Crippen LogP contribution is -2.64. The first-order chi connectivity index (χ1) is 5.83. The molecule has 1 N–H and O–H groups in total. The summed E-state index contributed by atoms with van der Waals surface area (Å²) in [7, 11) is 3.49. The van der Waals surface area contributed by atoms with Crippen LogP contribution in [0.5, 0.6) is 0 Å². The number of aliphatic hydroxyl groups is 1. The fraction of sp³-hybridized carbons (Fsp3) is 0.889. The molecule has 0 aliphatic carbocycles. The van der Waals surface area contributed by atoms with Crippen molar-refractivity contribution in [1.82, 2.24) is 9.80 Å². The van der Waals surface area contributed by atoms with Crippen LogP contribution in [0.25, 0.3) is 0 Å². The maximum atomic E-state index is 11.5. The minimum absolute atomic E-state index is 0.0931. The fourth-order valence-electron chi connectivity index (χ4n) is 1.63. The quantitative estimate of drug-likeness (QED) is 0.634. The van der Waals surface area contributed by atoms with Crippen molar-refractivity contribution in [2.75, 3.05) is 27.2 Å². The van der Waals surface area contributed by atoms with E-state index in [4.69, 9.17) is 0 Å². The van der Waals surface area contributed by atoms with Crippen molar-refractivity contribution in [3.8, 4) is 0 Å². The van der Waals surface area contributed by atoms with Crippen LogP contribution in [-0.2, 0) is 4.79 Å². The van der Waals surface area contributed by atoms with E-state index < -0.39 is 5.60 Å². The molecule has 1 rings (SSSR count). The topological polar surface area (TPSA) is 43.8 Å². The Morgan fingerprint density at radius 2 is 2.00 bits per heavy atom. The van der Waals surface area contributed by atoms with Crippen molar-refractivity contribution in [2.24, 2.45) is 0 Å². The van der Waals surface area contributed by atoms with Gasteiger partial charge in [-0.2, -0.15) is 0 Å². The molecular formula is C9H18N2O2. The normalized spacial score (nSPS) is 23.5. The van der Waals surface area contributed by atoms with E-state index in [2.05, 4.69) is 0 Å². The highest BCUT2D eigenvalue weighted by Gasteiger charge is 2.41. The highest BCUT2D eigenvalue weighted by molar-refractivity contribution is 5.81. The van der Waals surface area contributed by atoms with Crippen molar-refractivity contribution in [2.45, 2.75) is 25.5 Å². The van der Waals surface area contributed by atoms with E-state index in [9.17, 15) is 9.90 Å². The number of hydrogen-bond donors (Lipinski definition) is 1. The molecule has 0 saturated carbocycles. The van der Waals surface area contributed by atoms with Gasteiger partial charge in [0, 0.05) is 27.2 Å². The van der Waals surface area contributed by atoms with Gasteiger partial charge in [0.2, 0.25) is 5.91 Å². The molecule has 1 aliphatic rings. The molecule has 0 bridgehead atoms. The average Bonchev–Trinajstić information content (AvgIpc) is 1.97. The van der Waals surface area contributed by atoms with Gasteiger partial charge in [-0.15, -0.1) is 0 Å². The van der Waals surface area contributed by atoms with Crippen molar-refractivity contribution in [3.05, 3.63) is 0 Å². The molecule has 0 radical (unpaired) electrons. The van der Waals surface area contributed by atoms with Gasteiger partial charge in [-0.25, -0.2) is 0 Å². The Kier molecular flexibility index (Phi) is 2.63. The first-order valence-corrected chi connectivity index (χ1v) is 4.51. The van der Waals surface area contributed by atoms with E-state index in [0.29, 0.717) is 13.1 Å². The Labute approximate surface area is 79.1 Å². The number of likely N-dealkylation sites (tertiary alicyclic amines) is 1. The van der Waals surface area contributed by atoms with Crippen LogP contribution in [0, 0.1) is 0 Å². The standard InChI is InChI=1S/C9H18N2O2/c1-7(8(12)10(3)4)11-5-9(2,13)6-11/h7,13H,5-6H2,1-4H3. The van der Waals surface area contributed by atoms with Crippen molar-refractivity contribution >= 4 is 5.91 Å². The zero-order chi connectivity index (χ0) is 10.2. The molecule has 4 nitrogen and oxygen atoms in total. The van der Waals surface area contributed by atoms with Gasteiger partial charge in [0.05, 0.1) is 11.6 Å².